The lowest BCUT2D eigenvalue weighted by Crippen LogP contribution is -2.12. The summed E-state index contributed by atoms with van der Waals surface area (Å²) in [5.74, 6) is 0.270. The molecule has 2 N–H and O–H groups in total. The first-order chi connectivity index (χ1) is 9.10. The molecule has 2 aromatic rings. The summed E-state index contributed by atoms with van der Waals surface area (Å²) in [6, 6.07) is 8.57. The summed E-state index contributed by atoms with van der Waals surface area (Å²) >= 11 is 0. The predicted octanol–water partition coefficient (Wildman–Crippen LogP) is 2.48. The van der Waals surface area contributed by atoms with E-state index < -0.39 is 0 Å². The standard InChI is InChI=1S/C14H14N2O3/c1-9(17)10-6-13(15-8-10)14(18)16-11-4-3-5-12(7-11)19-2/h3-8,15H,1-2H3,(H,16,18). The van der Waals surface area contributed by atoms with Crippen molar-refractivity contribution >= 4 is 17.4 Å². The third kappa shape index (κ3) is 3.01. The number of methoxy groups -OCH3 is 1. The van der Waals surface area contributed by atoms with Gasteiger partial charge in [0.25, 0.3) is 5.91 Å². The number of anilines is 1. The number of carbonyl (C=O) groups excluding carboxylic acids is 2. The van der Waals surface area contributed by atoms with Crippen molar-refractivity contribution < 1.29 is 14.3 Å². The summed E-state index contributed by atoms with van der Waals surface area (Å²) < 4.78 is 5.07. The van der Waals surface area contributed by atoms with Crippen LogP contribution in [0.2, 0.25) is 0 Å². The number of nitrogens with one attached hydrogen (secondary N) is 2. The zero-order valence-corrected chi connectivity index (χ0v) is 10.7. The maximum absolute atomic E-state index is 12.0. The molecule has 0 atom stereocenters. The molecule has 0 unspecified atom stereocenters. The Bertz CT molecular complexity index is 617. The van der Waals surface area contributed by atoms with Crippen LogP contribution in [0.15, 0.2) is 36.5 Å². The van der Waals surface area contributed by atoms with E-state index in [0.717, 1.165) is 0 Å². The minimum absolute atomic E-state index is 0.0864. The van der Waals surface area contributed by atoms with Gasteiger partial charge in [0.05, 0.1) is 7.11 Å². The first-order valence-corrected chi connectivity index (χ1v) is 5.75. The number of carbonyl (C=O) groups is 2. The van der Waals surface area contributed by atoms with Gasteiger partial charge in [0.15, 0.2) is 5.78 Å². The summed E-state index contributed by atoms with van der Waals surface area (Å²) in [5.41, 5.74) is 1.45. The average Bonchev–Trinajstić information content (AvgIpc) is 2.89. The van der Waals surface area contributed by atoms with Crippen LogP contribution < -0.4 is 10.1 Å². The van der Waals surface area contributed by atoms with Gasteiger partial charge in [0.1, 0.15) is 11.4 Å². The Morgan fingerprint density at radius 3 is 2.68 bits per heavy atom. The molecule has 1 aromatic carbocycles. The van der Waals surface area contributed by atoms with Crippen LogP contribution in [0, 0.1) is 0 Å². The Balaban J connectivity index is 2.13. The first kappa shape index (κ1) is 12.9. The largest absolute Gasteiger partial charge is 0.497 e. The van der Waals surface area contributed by atoms with Gasteiger partial charge in [0.2, 0.25) is 0 Å². The Labute approximate surface area is 110 Å². The SMILES string of the molecule is COc1cccc(NC(=O)c2cc(C(C)=O)c[nH]2)c1. The molecule has 98 valence electrons. The van der Waals surface area contributed by atoms with Gasteiger partial charge in [-0.15, -0.1) is 0 Å². The maximum atomic E-state index is 12.0. The molecule has 5 nitrogen and oxygen atoms in total. The number of Topliss-reactive ketones (excluding diaryl/α,β-unsaturated/α-hetero) is 1. The van der Waals surface area contributed by atoms with Gasteiger partial charge >= 0.3 is 0 Å². The Morgan fingerprint density at radius 1 is 1.26 bits per heavy atom. The maximum Gasteiger partial charge on any atom is 0.272 e. The quantitative estimate of drug-likeness (QED) is 0.827. The van der Waals surface area contributed by atoms with Crippen molar-refractivity contribution in [2.75, 3.05) is 12.4 Å². The molecule has 0 aliphatic carbocycles. The van der Waals surface area contributed by atoms with E-state index >= 15 is 0 Å². The molecule has 0 saturated heterocycles. The third-order valence-electron chi connectivity index (χ3n) is 2.66. The van der Waals surface area contributed by atoms with Gasteiger partial charge in [-0.05, 0) is 25.1 Å². The summed E-state index contributed by atoms with van der Waals surface area (Å²) in [7, 11) is 1.56. The number of amides is 1. The zero-order chi connectivity index (χ0) is 13.8. The fraction of sp³-hybridized carbons (Fsp3) is 0.143. The van der Waals surface area contributed by atoms with Gasteiger partial charge in [0, 0.05) is 23.5 Å². The highest BCUT2D eigenvalue weighted by molar-refractivity contribution is 6.05. The van der Waals surface area contributed by atoms with Crippen molar-refractivity contribution in [1.29, 1.82) is 0 Å². The van der Waals surface area contributed by atoms with Gasteiger partial charge in [-0.25, -0.2) is 0 Å². The van der Waals surface area contributed by atoms with Crippen LogP contribution >= 0.6 is 0 Å². The molecule has 0 saturated carbocycles. The van der Waals surface area contributed by atoms with Gasteiger partial charge in [-0.1, -0.05) is 6.07 Å². The molecular weight excluding hydrogens is 244 g/mol. The van der Waals surface area contributed by atoms with Crippen molar-refractivity contribution in [3.8, 4) is 5.75 Å². The van der Waals surface area contributed by atoms with Crippen LogP contribution in [0.4, 0.5) is 5.69 Å². The van der Waals surface area contributed by atoms with Crippen molar-refractivity contribution in [1.82, 2.24) is 4.98 Å². The first-order valence-electron chi connectivity index (χ1n) is 5.75. The molecule has 19 heavy (non-hydrogen) atoms. The van der Waals surface area contributed by atoms with Crippen molar-refractivity contribution in [2.45, 2.75) is 6.92 Å². The zero-order valence-electron chi connectivity index (χ0n) is 10.7. The van der Waals surface area contributed by atoms with Crippen LogP contribution in [0.5, 0.6) is 5.75 Å². The van der Waals surface area contributed by atoms with Crippen molar-refractivity contribution in [2.24, 2.45) is 0 Å². The van der Waals surface area contributed by atoms with Crippen LogP contribution in [0.1, 0.15) is 27.8 Å². The number of ether oxygens (including phenoxy) is 1. The second kappa shape index (κ2) is 5.39. The lowest BCUT2D eigenvalue weighted by atomic mass is 10.2. The molecule has 0 aliphatic heterocycles. The smallest absolute Gasteiger partial charge is 0.272 e. The van der Waals surface area contributed by atoms with Crippen molar-refractivity contribution in [3.05, 3.63) is 47.8 Å². The Kier molecular flexibility index (Phi) is 3.66. The Morgan fingerprint density at radius 2 is 2.05 bits per heavy atom. The Hall–Kier alpha value is -2.56. The van der Waals surface area contributed by atoms with E-state index in [1.807, 2.05) is 0 Å². The van der Waals surface area contributed by atoms with E-state index in [2.05, 4.69) is 10.3 Å². The normalized spacial score (nSPS) is 10.0. The van der Waals surface area contributed by atoms with Gasteiger partial charge < -0.3 is 15.0 Å². The lowest BCUT2D eigenvalue weighted by molar-refractivity contribution is 0.101. The molecule has 1 aromatic heterocycles. The fourth-order valence-electron chi connectivity index (χ4n) is 1.63. The number of aromatic nitrogens is 1. The van der Waals surface area contributed by atoms with E-state index in [0.29, 0.717) is 22.7 Å². The average molecular weight is 258 g/mol. The monoisotopic (exact) mass is 258 g/mol. The number of aromatic amines is 1. The summed E-state index contributed by atoms with van der Waals surface area (Å²) in [5, 5.41) is 2.72. The molecule has 2 rings (SSSR count). The van der Waals surface area contributed by atoms with Crippen LogP contribution in [-0.4, -0.2) is 23.8 Å². The van der Waals surface area contributed by atoms with Gasteiger partial charge in [-0.2, -0.15) is 0 Å². The van der Waals surface area contributed by atoms with Crippen LogP contribution in [0.25, 0.3) is 0 Å². The second-order valence-corrected chi connectivity index (χ2v) is 4.04. The molecule has 0 bridgehead atoms. The molecule has 1 amide bonds. The molecule has 5 heteroatoms. The highest BCUT2D eigenvalue weighted by Gasteiger charge is 2.11. The summed E-state index contributed by atoms with van der Waals surface area (Å²) in [4.78, 5) is 25.9. The number of hydrogen-bond acceptors (Lipinski definition) is 3. The third-order valence-corrected chi connectivity index (χ3v) is 2.66. The molecule has 0 radical (unpaired) electrons. The highest BCUT2D eigenvalue weighted by Crippen LogP contribution is 2.17. The predicted molar refractivity (Wildman–Crippen MR) is 71.7 cm³/mol. The number of ketones is 1. The van der Waals surface area contributed by atoms with Gasteiger partial charge in [-0.3, -0.25) is 9.59 Å². The van der Waals surface area contributed by atoms with E-state index in [1.54, 1.807) is 31.4 Å². The highest BCUT2D eigenvalue weighted by atomic mass is 16.5. The minimum Gasteiger partial charge on any atom is -0.497 e. The fourth-order valence-corrected chi connectivity index (χ4v) is 1.63. The summed E-state index contributed by atoms with van der Waals surface area (Å²) in [6.07, 6.45) is 1.52. The lowest BCUT2D eigenvalue weighted by Gasteiger charge is -2.05. The second-order valence-electron chi connectivity index (χ2n) is 4.04. The molecular formula is C14H14N2O3. The summed E-state index contributed by atoms with van der Waals surface area (Å²) in [6.45, 7) is 1.45. The van der Waals surface area contributed by atoms with E-state index in [1.165, 1.54) is 19.2 Å². The molecule has 0 aliphatic rings. The van der Waals surface area contributed by atoms with Crippen molar-refractivity contribution in [3.63, 3.8) is 0 Å². The van der Waals surface area contributed by atoms with E-state index in [4.69, 9.17) is 4.74 Å². The number of rotatable bonds is 4. The van der Waals surface area contributed by atoms with Crippen LogP contribution in [-0.2, 0) is 0 Å². The number of hydrogen-bond donors (Lipinski definition) is 2. The number of H-pyrrole nitrogens is 1. The molecule has 0 fully saturated rings. The van der Waals surface area contributed by atoms with E-state index in [9.17, 15) is 9.59 Å². The number of benzene rings is 1. The molecule has 1 heterocycles. The van der Waals surface area contributed by atoms with Crippen LogP contribution in [0.3, 0.4) is 0 Å². The molecule has 0 spiro atoms. The minimum atomic E-state index is -0.305. The van der Waals surface area contributed by atoms with E-state index in [-0.39, 0.29) is 11.7 Å². The topological polar surface area (TPSA) is 71.2 Å².